The van der Waals surface area contributed by atoms with Crippen molar-refractivity contribution in [2.24, 2.45) is 4.99 Å². The van der Waals surface area contributed by atoms with Gasteiger partial charge in [0.1, 0.15) is 11.5 Å². The van der Waals surface area contributed by atoms with Crippen molar-refractivity contribution in [1.29, 1.82) is 0 Å². The van der Waals surface area contributed by atoms with E-state index in [0.29, 0.717) is 17.2 Å². The Bertz CT molecular complexity index is 1250. The third-order valence-electron chi connectivity index (χ3n) is 5.46. The minimum absolute atomic E-state index is 0.0581. The third-order valence-corrected chi connectivity index (χ3v) is 5.46. The molecule has 0 spiro atoms. The number of benzene rings is 3. The molecule has 5 nitrogen and oxygen atoms in total. The summed E-state index contributed by atoms with van der Waals surface area (Å²) in [6.45, 7) is 3.49. The lowest BCUT2D eigenvalue weighted by Gasteiger charge is -2.20. The monoisotopic (exact) mass is 435 g/mol. The predicted molar refractivity (Wildman–Crippen MR) is 135 cm³/mol. The first-order chi connectivity index (χ1) is 16.0. The van der Waals surface area contributed by atoms with Gasteiger partial charge in [-0.3, -0.25) is 14.5 Å². The van der Waals surface area contributed by atoms with Crippen molar-refractivity contribution in [3.63, 3.8) is 0 Å². The summed E-state index contributed by atoms with van der Waals surface area (Å²) in [4.78, 5) is 33.0. The third kappa shape index (κ3) is 4.67. The maximum absolute atomic E-state index is 13.5. The summed E-state index contributed by atoms with van der Waals surface area (Å²) in [5.74, 6) is 0.321. The molecule has 0 unspecified atom stereocenters. The molecule has 2 amide bonds. The first-order valence-corrected chi connectivity index (χ1v) is 10.8. The smallest absolute Gasteiger partial charge is 0.282 e. The van der Waals surface area contributed by atoms with Gasteiger partial charge in [-0.2, -0.15) is 0 Å². The Kier molecular flexibility index (Phi) is 6.31. The molecule has 164 valence electrons. The number of aliphatic imine (C=N–C) groups is 1. The lowest BCUT2D eigenvalue weighted by atomic mass is 10.1. The van der Waals surface area contributed by atoms with E-state index in [1.807, 2.05) is 104 Å². The highest BCUT2D eigenvalue weighted by Crippen LogP contribution is 2.29. The van der Waals surface area contributed by atoms with E-state index in [-0.39, 0.29) is 11.8 Å². The van der Waals surface area contributed by atoms with E-state index in [9.17, 15) is 9.59 Å². The van der Waals surface area contributed by atoms with Crippen LogP contribution in [0.5, 0.6) is 0 Å². The Morgan fingerprint density at radius 3 is 2.15 bits per heavy atom. The van der Waals surface area contributed by atoms with Crippen molar-refractivity contribution in [3.8, 4) is 0 Å². The van der Waals surface area contributed by atoms with E-state index in [0.717, 1.165) is 22.4 Å². The van der Waals surface area contributed by atoms with E-state index >= 15 is 0 Å². The molecule has 0 atom stereocenters. The molecule has 1 aliphatic heterocycles. The minimum atomic E-state index is -0.195. The number of nitrogens with zero attached hydrogens (tertiary/aromatic N) is 3. The van der Waals surface area contributed by atoms with Crippen molar-refractivity contribution in [2.75, 3.05) is 16.8 Å². The summed E-state index contributed by atoms with van der Waals surface area (Å²) in [7, 11) is 1.72. The van der Waals surface area contributed by atoms with Crippen LogP contribution in [0.4, 0.5) is 11.4 Å². The Morgan fingerprint density at radius 1 is 0.909 bits per heavy atom. The summed E-state index contributed by atoms with van der Waals surface area (Å²) in [5.41, 5.74) is 4.68. The second kappa shape index (κ2) is 9.49. The summed E-state index contributed by atoms with van der Waals surface area (Å²) in [6.07, 6.45) is 5.82. The summed E-state index contributed by atoms with van der Waals surface area (Å²) < 4.78 is 0. The summed E-state index contributed by atoms with van der Waals surface area (Å²) in [6, 6.07) is 24.9. The zero-order chi connectivity index (χ0) is 23.4. The van der Waals surface area contributed by atoms with Crippen LogP contribution in [0.15, 0.2) is 95.6 Å². The van der Waals surface area contributed by atoms with Gasteiger partial charge in [-0.05, 0) is 48.4 Å². The fourth-order valence-electron chi connectivity index (χ4n) is 3.60. The Hall–Kier alpha value is -4.25. The van der Waals surface area contributed by atoms with Crippen molar-refractivity contribution < 1.29 is 9.59 Å². The number of carbonyl (C=O) groups is 2. The maximum atomic E-state index is 13.5. The lowest BCUT2D eigenvalue weighted by Crippen LogP contribution is -2.32. The number of rotatable bonds is 5. The zero-order valence-corrected chi connectivity index (χ0v) is 18.9. The number of allylic oxidation sites excluding steroid dienone is 1. The highest BCUT2D eigenvalue weighted by molar-refractivity contribution is 6.33. The SMILES string of the molecule is C/C=C/c1ccc(/C=C2/N=C(c3ccccc3)N(c3ccc(N(C)C(C)=O)cc3)C2=O)cc1. The number of amidine groups is 1. The van der Waals surface area contributed by atoms with Gasteiger partial charge in [0, 0.05) is 25.2 Å². The highest BCUT2D eigenvalue weighted by atomic mass is 16.2. The van der Waals surface area contributed by atoms with E-state index in [4.69, 9.17) is 4.99 Å². The van der Waals surface area contributed by atoms with Crippen LogP contribution < -0.4 is 9.80 Å². The van der Waals surface area contributed by atoms with Gasteiger partial charge in [0.2, 0.25) is 5.91 Å². The molecule has 0 bridgehead atoms. The van der Waals surface area contributed by atoms with Crippen LogP contribution in [0.2, 0.25) is 0 Å². The van der Waals surface area contributed by atoms with Crippen molar-refractivity contribution in [3.05, 3.63) is 107 Å². The summed E-state index contributed by atoms with van der Waals surface area (Å²) in [5, 5.41) is 0. The summed E-state index contributed by atoms with van der Waals surface area (Å²) >= 11 is 0. The topological polar surface area (TPSA) is 53.0 Å². The molecule has 5 heteroatoms. The first kappa shape index (κ1) is 22.0. The quantitative estimate of drug-likeness (QED) is 0.494. The Balaban J connectivity index is 1.73. The number of carbonyl (C=O) groups excluding carboxylic acids is 2. The zero-order valence-electron chi connectivity index (χ0n) is 18.9. The second-order valence-corrected chi connectivity index (χ2v) is 7.73. The molecular formula is C28H25N3O2. The van der Waals surface area contributed by atoms with Gasteiger partial charge in [-0.1, -0.05) is 66.7 Å². The standard InChI is InChI=1S/C28H25N3O2/c1-4-8-21-11-13-22(14-12-21)19-26-28(33)31(27(29-26)23-9-6-5-7-10-23)25-17-15-24(16-18-25)30(3)20(2)32/h4-19H,1-3H3/b8-4+,26-19+. The van der Waals surface area contributed by atoms with Gasteiger partial charge >= 0.3 is 0 Å². The number of amides is 2. The van der Waals surface area contributed by atoms with Gasteiger partial charge in [0.15, 0.2) is 0 Å². The van der Waals surface area contributed by atoms with Gasteiger partial charge < -0.3 is 4.90 Å². The molecule has 3 aromatic carbocycles. The molecule has 0 saturated carbocycles. The normalized spacial score (nSPS) is 14.8. The first-order valence-electron chi connectivity index (χ1n) is 10.8. The van der Waals surface area contributed by atoms with Crippen LogP contribution in [0, 0.1) is 0 Å². The molecule has 33 heavy (non-hydrogen) atoms. The van der Waals surface area contributed by atoms with Crippen molar-refractivity contribution in [1.82, 2.24) is 0 Å². The molecule has 1 heterocycles. The minimum Gasteiger partial charge on any atom is -0.316 e. The Morgan fingerprint density at radius 2 is 1.55 bits per heavy atom. The molecule has 0 aromatic heterocycles. The van der Waals surface area contributed by atoms with E-state index < -0.39 is 0 Å². The molecule has 0 radical (unpaired) electrons. The highest BCUT2D eigenvalue weighted by Gasteiger charge is 2.32. The van der Waals surface area contributed by atoms with Crippen LogP contribution in [-0.4, -0.2) is 24.7 Å². The van der Waals surface area contributed by atoms with Gasteiger partial charge in [0.25, 0.3) is 5.91 Å². The number of anilines is 2. The largest absolute Gasteiger partial charge is 0.316 e. The molecule has 1 aliphatic rings. The molecule has 0 N–H and O–H groups in total. The molecule has 0 fully saturated rings. The predicted octanol–water partition coefficient (Wildman–Crippen LogP) is 5.54. The van der Waals surface area contributed by atoms with Gasteiger partial charge in [-0.15, -0.1) is 0 Å². The average Bonchev–Trinajstić information content (AvgIpc) is 3.16. The molecule has 0 saturated heterocycles. The van der Waals surface area contributed by atoms with Gasteiger partial charge in [-0.25, -0.2) is 4.99 Å². The van der Waals surface area contributed by atoms with Gasteiger partial charge in [0.05, 0.1) is 5.69 Å². The fraction of sp³-hybridized carbons (Fsp3) is 0.107. The number of hydrogen-bond acceptors (Lipinski definition) is 3. The van der Waals surface area contributed by atoms with Crippen molar-refractivity contribution >= 4 is 41.2 Å². The second-order valence-electron chi connectivity index (χ2n) is 7.73. The maximum Gasteiger partial charge on any atom is 0.282 e. The van der Waals surface area contributed by atoms with E-state index in [1.54, 1.807) is 16.8 Å². The average molecular weight is 436 g/mol. The molecule has 0 aliphatic carbocycles. The number of hydrogen-bond donors (Lipinski definition) is 0. The van der Waals surface area contributed by atoms with Crippen molar-refractivity contribution in [2.45, 2.75) is 13.8 Å². The molecule has 4 rings (SSSR count). The van der Waals surface area contributed by atoms with Crippen LogP contribution in [0.1, 0.15) is 30.5 Å². The van der Waals surface area contributed by atoms with Crippen LogP contribution in [-0.2, 0) is 9.59 Å². The van der Waals surface area contributed by atoms with E-state index in [2.05, 4.69) is 0 Å². The molecule has 3 aromatic rings. The molecular weight excluding hydrogens is 410 g/mol. The van der Waals surface area contributed by atoms with Crippen LogP contribution >= 0.6 is 0 Å². The van der Waals surface area contributed by atoms with E-state index in [1.165, 1.54) is 6.92 Å². The van der Waals surface area contributed by atoms with Crippen LogP contribution in [0.25, 0.3) is 12.2 Å². The van der Waals surface area contributed by atoms with Crippen LogP contribution in [0.3, 0.4) is 0 Å². The Labute approximate surface area is 194 Å². The fourth-order valence-corrected chi connectivity index (χ4v) is 3.60. The lowest BCUT2D eigenvalue weighted by molar-refractivity contribution is -0.116.